The maximum absolute atomic E-state index is 11.0. The van der Waals surface area contributed by atoms with Crippen molar-refractivity contribution in [2.75, 3.05) is 13.2 Å². The van der Waals surface area contributed by atoms with Gasteiger partial charge in [0.2, 0.25) is 0 Å². The van der Waals surface area contributed by atoms with Gasteiger partial charge in [0, 0.05) is 16.7 Å². The third-order valence-corrected chi connectivity index (χ3v) is 3.62. The molecule has 1 aromatic carbocycles. The first kappa shape index (κ1) is 14.0. The molecule has 0 radical (unpaired) electrons. The predicted molar refractivity (Wildman–Crippen MR) is 72.3 cm³/mol. The predicted octanol–water partition coefficient (Wildman–Crippen LogP) is 2.94. The molecule has 1 N–H and O–H groups in total. The number of hydrogen-bond acceptors (Lipinski definition) is 3. The third-order valence-electron chi connectivity index (χ3n) is 3.28. The van der Waals surface area contributed by atoms with E-state index in [2.05, 4.69) is 0 Å². The highest BCUT2D eigenvalue weighted by Crippen LogP contribution is 2.41. The lowest BCUT2D eigenvalue weighted by molar-refractivity contribution is -0.141. The van der Waals surface area contributed by atoms with E-state index < -0.39 is 11.9 Å². The minimum absolute atomic E-state index is 0.397. The Kier molecular flexibility index (Phi) is 4.20. The first-order valence-electron chi connectivity index (χ1n) is 6.37. The highest BCUT2D eigenvalue weighted by atomic mass is 35.5. The molecule has 5 heteroatoms. The third kappa shape index (κ3) is 2.78. The molecule has 0 fully saturated rings. The zero-order valence-corrected chi connectivity index (χ0v) is 11.8. The monoisotopic (exact) mass is 284 g/mol. The number of fused-ring (bicyclic) bond motifs is 1. The van der Waals surface area contributed by atoms with Gasteiger partial charge in [-0.15, -0.1) is 0 Å². The van der Waals surface area contributed by atoms with Crippen molar-refractivity contribution >= 4 is 17.6 Å². The number of rotatable bonds is 4. The Labute approximate surface area is 117 Å². The van der Waals surface area contributed by atoms with Gasteiger partial charge in [-0.05, 0) is 18.4 Å². The van der Waals surface area contributed by atoms with E-state index in [0.717, 1.165) is 17.5 Å². The van der Waals surface area contributed by atoms with Crippen LogP contribution >= 0.6 is 11.6 Å². The lowest BCUT2D eigenvalue weighted by atomic mass is 9.94. The zero-order valence-electron chi connectivity index (χ0n) is 11.0. The Balaban J connectivity index is 2.44. The molecule has 0 aliphatic carbocycles. The molecule has 4 nitrogen and oxygen atoms in total. The SMILES string of the molecule is CCc1c(CC(C)C(=O)O)c(Cl)cc2c1OCCO2. The number of ether oxygens (including phenoxy) is 2. The lowest BCUT2D eigenvalue weighted by Gasteiger charge is -2.24. The van der Waals surface area contributed by atoms with Gasteiger partial charge in [0.15, 0.2) is 11.5 Å². The van der Waals surface area contributed by atoms with Crippen LogP contribution in [0.3, 0.4) is 0 Å². The lowest BCUT2D eigenvalue weighted by Crippen LogP contribution is -2.19. The number of benzene rings is 1. The topological polar surface area (TPSA) is 55.8 Å². The van der Waals surface area contributed by atoms with Gasteiger partial charge in [-0.2, -0.15) is 0 Å². The van der Waals surface area contributed by atoms with E-state index in [1.54, 1.807) is 13.0 Å². The summed E-state index contributed by atoms with van der Waals surface area (Å²) in [5.41, 5.74) is 1.80. The van der Waals surface area contributed by atoms with Gasteiger partial charge in [0.1, 0.15) is 13.2 Å². The molecular formula is C14H17ClO4. The molecule has 1 atom stereocenters. The van der Waals surface area contributed by atoms with Crippen molar-refractivity contribution in [3.8, 4) is 11.5 Å². The molecular weight excluding hydrogens is 268 g/mol. The van der Waals surface area contributed by atoms with E-state index in [-0.39, 0.29) is 0 Å². The molecule has 0 aromatic heterocycles. The van der Waals surface area contributed by atoms with Gasteiger partial charge in [-0.1, -0.05) is 25.4 Å². The van der Waals surface area contributed by atoms with Crippen molar-refractivity contribution in [2.45, 2.75) is 26.7 Å². The van der Waals surface area contributed by atoms with Crippen molar-refractivity contribution in [2.24, 2.45) is 5.92 Å². The number of carbonyl (C=O) groups is 1. The quantitative estimate of drug-likeness (QED) is 0.923. The summed E-state index contributed by atoms with van der Waals surface area (Å²) in [4.78, 5) is 11.0. The standard InChI is InChI=1S/C14H17ClO4/c1-3-9-10(6-8(2)14(16)17)11(15)7-12-13(9)19-5-4-18-12/h7-8H,3-6H2,1-2H3,(H,16,17). The molecule has 2 rings (SSSR count). The smallest absolute Gasteiger partial charge is 0.306 e. The second-order valence-corrected chi connectivity index (χ2v) is 5.04. The van der Waals surface area contributed by atoms with Crippen LogP contribution in [0.25, 0.3) is 0 Å². The summed E-state index contributed by atoms with van der Waals surface area (Å²) in [6.45, 7) is 4.70. The Morgan fingerprint density at radius 2 is 2.11 bits per heavy atom. The summed E-state index contributed by atoms with van der Waals surface area (Å²) in [5, 5.41) is 9.59. The van der Waals surface area contributed by atoms with Gasteiger partial charge >= 0.3 is 5.97 Å². The van der Waals surface area contributed by atoms with Gasteiger partial charge in [0.25, 0.3) is 0 Å². The second-order valence-electron chi connectivity index (χ2n) is 4.64. The Morgan fingerprint density at radius 3 is 2.74 bits per heavy atom. The molecule has 1 unspecified atom stereocenters. The maximum atomic E-state index is 11.0. The van der Waals surface area contributed by atoms with Crippen LogP contribution in [0.4, 0.5) is 0 Å². The molecule has 0 spiro atoms. The molecule has 0 bridgehead atoms. The second kappa shape index (κ2) is 5.70. The molecule has 0 saturated heterocycles. The van der Waals surface area contributed by atoms with Crippen LogP contribution in [0.5, 0.6) is 11.5 Å². The fourth-order valence-electron chi connectivity index (χ4n) is 2.25. The van der Waals surface area contributed by atoms with Gasteiger partial charge < -0.3 is 14.6 Å². The van der Waals surface area contributed by atoms with Crippen molar-refractivity contribution in [3.63, 3.8) is 0 Å². The number of carboxylic acid groups (broad SMARTS) is 1. The maximum Gasteiger partial charge on any atom is 0.306 e. The highest BCUT2D eigenvalue weighted by Gasteiger charge is 2.23. The van der Waals surface area contributed by atoms with Crippen LogP contribution in [-0.2, 0) is 17.6 Å². The van der Waals surface area contributed by atoms with Crippen LogP contribution in [-0.4, -0.2) is 24.3 Å². The van der Waals surface area contributed by atoms with Crippen LogP contribution in [0.2, 0.25) is 5.02 Å². The van der Waals surface area contributed by atoms with Crippen molar-refractivity contribution in [1.29, 1.82) is 0 Å². The van der Waals surface area contributed by atoms with Crippen LogP contribution in [0.15, 0.2) is 6.07 Å². The number of hydrogen-bond donors (Lipinski definition) is 1. The highest BCUT2D eigenvalue weighted by molar-refractivity contribution is 6.31. The fraction of sp³-hybridized carbons (Fsp3) is 0.500. The molecule has 0 amide bonds. The summed E-state index contributed by atoms with van der Waals surface area (Å²) in [7, 11) is 0. The minimum atomic E-state index is -0.826. The van der Waals surface area contributed by atoms with Gasteiger partial charge in [0.05, 0.1) is 5.92 Å². The normalized spacial score (nSPS) is 15.1. The zero-order chi connectivity index (χ0) is 14.0. The van der Waals surface area contributed by atoms with Crippen LogP contribution in [0, 0.1) is 5.92 Å². The van der Waals surface area contributed by atoms with Crippen molar-refractivity contribution in [3.05, 3.63) is 22.2 Å². The molecule has 104 valence electrons. The molecule has 1 aliphatic heterocycles. The molecule has 1 heterocycles. The summed E-state index contributed by atoms with van der Waals surface area (Å²) in [5.74, 6) is 0.0592. The summed E-state index contributed by atoms with van der Waals surface area (Å²) < 4.78 is 11.2. The van der Waals surface area contributed by atoms with Gasteiger partial charge in [-0.25, -0.2) is 0 Å². The van der Waals surface area contributed by atoms with Crippen LogP contribution in [0.1, 0.15) is 25.0 Å². The summed E-state index contributed by atoms with van der Waals surface area (Å²) >= 11 is 6.27. The summed E-state index contributed by atoms with van der Waals surface area (Å²) in [6, 6.07) is 1.72. The summed E-state index contributed by atoms with van der Waals surface area (Å²) in [6.07, 6.45) is 1.13. The number of aliphatic carboxylic acids is 1. The van der Waals surface area contributed by atoms with E-state index in [1.165, 1.54) is 0 Å². The molecule has 1 aliphatic rings. The van der Waals surface area contributed by atoms with Crippen LogP contribution < -0.4 is 9.47 Å². The minimum Gasteiger partial charge on any atom is -0.486 e. The van der Waals surface area contributed by atoms with E-state index in [1.807, 2.05) is 6.92 Å². The molecule has 19 heavy (non-hydrogen) atoms. The largest absolute Gasteiger partial charge is 0.486 e. The molecule has 0 saturated carbocycles. The molecule has 1 aromatic rings. The van der Waals surface area contributed by atoms with E-state index in [9.17, 15) is 4.79 Å². The Hall–Kier alpha value is -1.42. The van der Waals surface area contributed by atoms with Crippen molar-refractivity contribution < 1.29 is 19.4 Å². The first-order chi connectivity index (χ1) is 9.04. The van der Waals surface area contributed by atoms with E-state index in [4.69, 9.17) is 26.2 Å². The number of carboxylic acids is 1. The average molecular weight is 285 g/mol. The van der Waals surface area contributed by atoms with Crippen molar-refractivity contribution in [1.82, 2.24) is 0 Å². The Bertz CT molecular complexity index is 499. The average Bonchev–Trinajstić information content (AvgIpc) is 2.39. The van der Waals surface area contributed by atoms with E-state index >= 15 is 0 Å². The first-order valence-corrected chi connectivity index (χ1v) is 6.75. The number of halogens is 1. The van der Waals surface area contributed by atoms with E-state index in [0.29, 0.717) is 36.2 Å². The van der Waals surface area contributed by atoms with Gasteiger partial charge in [-0.3, -0.25) is 4.79 Å². The Morgan fingerprint density at radius 1 is 1.42 bits per heavy atom. The fourth-order valence-corrected chi connectivity index (χ4v) is 2.54.